The summed E-state index contributed by atoms with van der Waals surface area (Å²) in [5.74, 6) is 3.30. The fraction of sp³-hybridized carbons (Fsp3) is 0.346. The zero-order chi connectivity index (χ0) is 36.4. The topological polar surface area (TPSA) is 3.24 Å². The molecule has 0 N–H and O–H groups in total. The highest BCUT2D eigenvalue weighted by Gasteiger charge is 2.60. The highest BCUT2D eigenvalue weighted by atomic mass is 32.2. The minimum atomic E-state index is 0.105. The van der Waals surface area contributed by atoms with Crippen molar-refractivity contribution >= 4 is 39.6 Å². The van der Waals surface area contributed by atoms with Crippen LogP contribution < -0.4 is 4.90 Å². The Hall–Kier alpha value is -4.27. The molecule has 0 amide bonds. The quantitative estimate of drug-likeness (QED) is 0.178. The first-order chi connectivity index (χ1) is 26.2. The molecule has 6 aromatic carbocycles. The van der Waals surface area contributed by atoms with Gasteiger partial charge in [-0.3, -0.25) is 0 Å². The number of hydrogen-bond donors (Lipinski definition) is 0. The molecule has 270 valence electrons. The summed E-state index contributed by atoms with van der Waals surface area (Å²) in [7, 11) is 0. The fourth-order valence-electron chi connectivity index (χ4n) is 12.4. The van der Waals surface area contributed by atoms with Crippen molar-refractivity contribution < 1.29 is 0 Å². The molecule has 0 radical (unpaired) electrons. The van der Waals surface area contributed by atoms with Gasteiger partial charge in [0.2, 0.25) is 0 Å². The molecular weight excluding hydrogens is 671 g/mol. The van der Waals surface area contributed by atoms with Gasteiger partial charge in [-0.05, 0) is 172 Å². The molecule has 2 heteroatoms. The van der Waals surface area contributed by atoms with E-state index < -0.39 is 0 Å². The summed E-state index contributed by atoms with van der Waals surface area (Å²) >= 11 is 2.00. The Kier molecular flexibility index (Phi) is 7.27. The lowest BCUT2D eigenvalue weighted by atomic mass is 9.42. The summed E-state index contributed by atoms with van der Waals surface area (Å²) in [5.41, 5.74) is 13.0. The van der Waals surface area contributed by atoms with Gasteiger partial charge in [-0.2, -0.15) is 0 Å². The number of hydrogen-bond acceptors (Lipinski definition) is 2. The van der Waals surface area contributed by atoms with Crippen LogP contribution in [0.3, 0.4) is 0 Å². The molecule has 12 rings (SSSR count). The lowest BCUT2D eigenvalue weighted by molar-refractivity contribution is -0.0443. The van der Waals surface area contributed by atoms with Crippen LogP contribution in [0.2, 0.25) is 0 Å². The first-order valence-corrected chi connectivity index (χ1v) is 21.5. The maximum atomic E-state index is 2.64. The molecule has 0 unspecified atom stereocenters. The summed E-state index contributed by atoms with van der Waals surface area (Å²) in [6, 6.07) is 49.5. The van der Waals surface area contributed by atoms with E-state index in [9.17, 15) is 0 Å². The average Bonchev–Trinajstić information content (AvgIpc) is 3.18. The van der Waals surface area contributed by atoms with E-state index in [0.29, 0.717) is 0 Å². The summed E-state index contributed by atoms with van der Waals surface area (Å²) in [4.78, 5) is 5.49. The maximum Gasteiger partial charge on any atom is 0.0468 e. The highest BCUT2D eigenvalue weighted by molar-refractivity contribution is 7.99. The van der Waals surface area contributed by atoms with Crippen LogP contribution in [0.5, 0.6) is 0 Å². The lowest BCUT2D eigenvalue weighted by Crippen LogP contribution is -2.57. The van der Waals surface area contributed by atoms with Crippen LogP contribution in [0.25, 0.3) is 21.9 Å². The molecular formula is C52H51NS. The van der Waals surface area contributed by atoms with E-state index in [-0.39, 0.29) is 16.2 Å². The fourth-order valence-corrected chi connectivity index (χ4v) is 13.6. The number of anilines is 3. The molecule has 1 aliphatic heterocycles. The van der Waals surface area contributed by atoms with Gasteiger partial charge in [0.05, 0.1) is 0 Å². The van der Waals surface area contributed by atoms with Gasteiger partial charge in [-0.15, -0.1) is 0 Å². The first kappa shape index (κ1) is 33.1. The third kappa shape index (κ3) is 4.91. The molecule has 1 heterocycles. The predicted octanol–water partition coefficient (Wildman–Crippen LogP) is 14.5. The first-order valence-electron chi connectivity index (χ1n) is 20.6. The largest absolute Gasteiger partial charge is 0.310 e. The van der Waals surface area contributed by atoms with E-state index in [1.807, 2.05) is 11.8 Å². The van der Waals surface area contributed by atoms with Crippen molar-refractivity contribution in [2.75, 3.05) is 4.90 Å². The summed E-state index contributed by atoms with van der Waals surface area (Å²) in [6.07, 6.45) is 9.50. The van der Waals surface area contributed by atoms with Gasteiger partial charge < -0.3 is 4.90 Å². The number of fused-ring (bicyclic) bond motifs is 4. The van der Waals surface area contributed by atoms with Gasteiger partial charge >= 0.3 is 0 Å². The van der Waals surface area contributed by atoms with Crippen molar-refractivity contribution in [3.8, 4) is 11.1 Å². The number of rotatable bonds is 4. The Bertz CT molecular complexity index is 2420. The summed E-state index contributed by atoms with van der Waals surface area (Å²) in [5, 5.41) is 2.55. The molecule has 6 aromatic rings. The molecule has 5 aliphatic carbocycles. The smallest absolute Gasteiger partial charge is 0.0468 e. The molecule has 0 atom stereocenters. The van der Waals surface area contributed by atoms with Crippen LogP contribution in [0, 0.1) is 23.7 Å². The van der Waals surface area contributed by atoms with Crippen molar-refractivity contribution in [2.45, 2.75) is 98.7 Å². The molecule has 1 nitrogen and oxygen atoms in total. The molecule has 54 heavy (non-hydrogen) atoms. The van der Waals surface area contributed by atoms with Gasteiger partial charge in [0.1, 0.15) is 0 Å². The molecule has 6 aliphatic rings. The van der Waals surface area contributed by atoms with Crippen LogP contribution in [-0.4, -0.2) is 0 Å². The second kappa shape index (κ2) is 11.9. The average molecular weight is 722 g/mol. The SMILES string of the molecule is CC1(C)CCC(C)(C)c2cc(-c3ccc(N(c4ccc5c(c4)C4(c6ccccc6S5)C5CC6CC(C5)CC4C6)c4ccc5ccccc5c4)cc3)ccc21. The van der Waals surface area contributed by atoms with Crippen molar-refractivity contribution in [1.29, 1.82) is 0 Å². The number of nitrogens with zero attached hydrogens (tertiary/aromatic N) is 1. The molecule has 0 aromatic heterocycles. The highest BCUT2D eigenvalue weighted by Crippen LogP contribution is 2.69. The third-order valence-electron chi connectivity index (χ3n) is 14.9. The van der Waals surface area contributed by atoms with E-state index in [1.54, 1.807) is 11.1 Å². The Labute approximate surface area is 326 Å². The normalized spacial score (nSPS) is 26.7. The predicted molar refractivity (Wildman–Crippen MR) is 228 cm³/mol. The summed E-state index contributed by atoms with van der Waals surface area (Å²) in [6.45, 7) is 9.69. The minimum Gasteiger partial charge on any atom is -0.310 e. The zero-order valence-corrected chi connectivity index (χ0v) is 33.1. The van der Waals surface area contributed by atoms with E-state index in [2.05, 4.69) is 160 Å². The monoisotopic (exact) mass is 721 g/mol. The summed E-state index contributed by atoms with van der Waals surface area (Å²) < 4.78 is 0. The van der Waals surface area contributed by atoms with Gasteiger partial charge in [0, 0.05) is 32.3 Å². The minimum absolute atomic E-state index is 0.105. The number of benzene rings is 6. The van der Waals surface area contributed by atoms with Crippen molar-refractivity contribution in [2.24, 2.45) is 23.7 Å². The van der Waals surface area contributed by atoms with Crippen LogP contribution in [0.4, 0.5) is 17.1 Å². The maximum absolute atomic E-state index is 2.64. The molecule has 4 bridgehead atoms. The Morgan fingerprint density at radius 3 is 1.81 bits per heavy atom. The van der Waals surface area contributed by atoms with E-state index in [0.717, 1.165) is 23.7 Å². The van der Waals surface area contributed by atoms with Crippen LogP contribution in [0.1, 0.15) is 94.9 Å². The molecule has 0 saturated heterocycles. The van der Waals surface area contributed by atoms with Gasteiger partial charge in [0.15, 0.2) is 0 Å². The Morgan fingerprint density at radius 2 is 1.06 bits per heavy atom. The lowest BCUT2D eigenvalue weighted by Gasteiger charge is -2.63. The van der Waals surface area contributed by atoms with Crippen molar-refractivity contribution in [3.63, 3.8) is 0 Å². The Morgan fingerprint density at radius 1 is 0.463 bits per heavy atom. The zero-order valence-electron chi connectivity index (χ0n) is 32.2. The van der Waals surface area contributed by atoms with E-state index >= 15 is 0 Å². The van der Waals surface area contributed by atoms with Gasteiger partial charge in [0.25, 0.3) is 0 Å². The molecule has 4 saturated carbocycles. The van der Waals surface area contributed by atoms with Crippen LogP contribution in [0.15, 0.2) is 137 Å². The van der Waals surface area contributed by atoms with Crippen molar-refractivity contribution in [3.05, 3.63) is 150 Å². The second-order valence-corrected chi connectivity index (χ2v) is 20.0. The standard InChI is InChI=1S/C52H51NS/c1-50(2)23-24-51(3,4)46-31-38(16-21-44(46)50)36-13-17-41(18-14-36)53(42-19-15-35-9-5-6-10-37(35)30-42)43-20-22-49-47(32-43)52(45-11-7-8-12-48(45)54-49)39-26-33-25-34(28-39)29-40(52)27-33/h5-22,30-34,39-40H,23-29H2,1-4H3. The van der Waals surface area contributed by atoms with Crippen molar-refractivity contribution in [1.82, 2.24) is 0 Å². The van der Waals surface area contributed by atoms with Crippen LogP contribution >= 0.6 is 11.8 Å². The molecule has 1 spiro atoms. The second-order valence-electron chi connectivity index (χ2n) is 18.9. The van der Waals surface area contributed by atoms with Gasteiger partial charge in [-0.25, -0.2) is 0 Å². The van der Waals surface area contributed by atoms with Gasteiger partial charge in [-0.1, -0.05) is 118 Å². The third-order valence-corrected chi connectivity index (χ3v) is 16.1. The van der Waals surface area contributed by atoms with E-state index in [4.69, 9.17) is 0 Å². The van der Waals surface area contributed by atoms with Crippen LogP contribution in [-0.2, 0) is 16.2 Å². The Balaban J connectivity index is 1.05. The molecule has 4 fully saturated rings. The van der Waals surface area contributed by atoms with E-state index in [1.165, 1.54) is 105 Å².